The minimum absolute atomic E-state index is 0. The van der Waals surface area contributed by atoms with Crippen molar-refractivity contribution in [3.05, 3.63) is 16.5 Å². The molecule has 0 radical (unpaired) electrons. The minimum atomic E-state index is -3.31. The fraction of sp³-hybridized carbons (Fsp3) is 0.500. The summed E-state index contributed by atoms with van der Waals surface area (Å²) in [5, 5.41) is 3.11. The molecule has 16 heavy (non-hydrogen) atoms. The molecular formula is C8H12Cl2N2O2S2. The number of rotatable bonds is 2. The van der Waals surface area contributed by atoms with Gasteiger partial charge < -0.3 is 5.32 Å². The van der Waals surface area contributed by atoms with E-state index in [1.54, 1.807) is 12.1 Å². The monoisotopic (exact) mass is 302 g/mol. The van der Waals surface area contributed by atoms with Crippen molar-refractivity contribution in [3.63, 3.8) is 0 Å². The maximum absolute atomic E-state index is 12.1. The van der Waals surface area contributed by atoms with Gasteiger partial charge in [-0.3, -0.25) is 0 Å². The SMILES string of the molecule is Cl.O=S(=O)(c1ccc(Cl)s1)N1CCNCC1. The molecule has 8 heteroatoms. The molecule has 0 bridgehead atoms. The van der Waals surface area contributed by atoms with Crippen molar-refractivity contribution < 1.29 is 8.42 Å². The summed E-state index contributed by atoms with van der Waals surface area (Å²) < 4.78 is 26.4. The van der Waals surface area contributed by atoms with Gasteiger partial charge in [-0.1, -0.05) is 11.6 Å². The predicted molar refractivity (Wildman–Crippen MR) is 68.2 cm³/mol. The van der Waals surface area contributed by atoms with Crippen molar-refractivity contribution in [2.75, 3.05) is 26.2 Å². The third-order valence-electron chi connectivity index (χ3n) is 2.22. The van der Waals surface area contributed by atoms with E-state index in [0.29, 0.717) is 34.7 Å². The highest BCUT2D eigenvalue weighted by Crippen LogP contribution is 2.28. The molecule has 0 aliphatic carbocycles. The van der Waals surface area contributed by atoms with E-state index in [9.17, 15) is 8.42 Å². The number of hydrogen-bond acceptors (Lipinski definition) is 4. The topological polar surface area (TPSA) is 49.4 Å². The maximum atomic E-state index is 12.1. The van der Waals surface area contributed by atoms with Gasteiger partial charge in [-0.05, 0) is 12.1 Å². The standard InChI is InChI=1S/C8H11ClN2O2S2.ClH/c9-7-1-2-8(14-7)15(12,13)11-5-3-10-4-6-11;/h1-2,10H,3-6H2;1H. The Morgan fingerprint density at radius 3 is 2.44 bits per heavy atom. The summed E-state index contributed by atoms with van der Waals surface area (Å²) in [4.78, 5) is 0. The summed E-state index contributed by atoms with van der Waals surface area (Å²) in [6.07, 6.45) is 0. The van der Waals surface area contributed by atoms with Gasteiger partial charge in [-0.15, -0.1) is 23.7 Å². The number of nitrogens with one attached hydrogen (secondary N) is 1. The van der Waals surface area contributed by atoms with Crippen LogP contribution in [0.3, 0.4) is 0 Å². The van der Waals surface area contributed by atoms with E-state index in [4.69, 9.17) is 11.6 Å². The predicted octanol–water partition coefficient (Wildman–Crippen LogP) is 1.42. The average molecular weight is 303 g/mol. The van der Waals surface area contributed by atoms with Crippen LogP contribution in [0, 0.1) is 0 Å². The fourth-order valence-electron chi connectivity index (χ4n) is 1.45. The molecule has 2 heterocycles. The van der Waals surface area contributed by atoms with Crippen LogP contribution in [0.25, 0.3) is 0 Å². The molecule has 1 aromatic heterocycles. The van der Waals surface area contributed by atoms with Crippen molar-refractivity contribution in [2.45, 2.75) is 4.21 Å². The van der Waals surface area contributed by atoms with Crippen LogP contribution in [-0.4, -0.2) is 38.9 Å². The second kappa shape index (κ2) is 5.66. The van der Waals surface area contributed by atoms with Gasteiger partial charge in [0.1, 0.15) is 4.21 Å². The highest BCUT2D eigenvalue weighted by atomic mass is 35.5. The summed E-state index contributed by atoms with van der Waals surface area (Å²) in [5.74, 6) is 0. The molecule has 1 saturated heterocycles. The highest BCUT2D eigenvalue weighted by Gasteiger charge is 2.26. The quantitative estimate of drug-likeness (QED) is 0.899. The first-order valence-electron chi connectivity index (χ1n) is 4.57. The zero-order valence-electron chi connectivity index (χ0n) is 8.35. The first-order valence-corrected chi connectivity index (χ1v) is 7.20. The summed E-state index contributed by atoms with van der Waals surface area (Å²) >= 11 is 6.83. The summed E-state index contributed by atoms with van der Waals surface area (Å²) in [6, 6.07) is 3.17. The van der Waals surface area contributed by atoms with Gasteiger partial charge in [-0.2, -0.15) is 4.31 Å². The lowest BCUT2D eigenvalue weighted by Gasteiger charge is -2.25. The molecule has 4 nitrogen and oxygen atoms in total. The van der Waals surface area contributed by atoms with Crippen molar-refractivity contribution >= 4 is 45.4 Å². The third kappa shape index (κ3) is 2.88. The second-order valence-electron chi connectivity index (χ2n) is 3.21. The van der Waals surface area contributed by atoms with E-state index in [1.165, 1.54) is 4.31 Å². The lowest BCUT2D eigenvalue weighted by atomic mass is 10.4. The molecule has 2 rings (SSSR count). The van der Waals surface area contributed by atoms with Crippen molar-refractivity contribution in [1.29, 1.82) is 0 Å². The second-order valence-corrected chi connectivity index (χ2v) is 7.09. The van der Waals surface area contributed by atoms with Crippen molar-refractivity contribution in [1.82, 2.24) is 9.62 Å². The van der Waals surface area contributed by atoms with Gasteiger partial charge in [0.15, 0.2) is 0 Å². The molecule has 1 N–H and O–H groups in total. The lowest BCUT2D eigenvalue weighted by molar-refractivity contribution is 0.361. The van der Waals surface area contributed by atoms with Crippen LogP contribution >= 0.6 is 35.3 Å². The Kier molecular flexibility index (Phi) is 5.03. The van der Waals surface area contributed by atoms with Crippen LogP contribution in [0.15, 0.2) is 16.3 Å². The molecule has 1 aliphatic rings. The number of thiophene rings is 1. The molecule has 0 aromatic carbocycles. The number of halogens is 2. The molecule has 1 fully saturated rings. The molecular weight excluding hydrogens is 291 g/mol. The third-order valence-corrected chi connectivity index (χ3v) is 5.82. The van der Waals surface area contributed by atoms with Crippen LogP contribution in [0.2, 0.25) is 4.34 Å². The first kappa shape index (κ1) is 14.2. The van der Waals surface area contributed by atoms with Gasteiger partial charge >= 0.3 is 0 Å². The van der Waals surface area contributed by atoms with E-state index >= 15 is 0 Å². The normalized spacial score (nSPS) is 18.1. The smallest absolute Gasteiger partial charge is 0.252 e. The molecule has 0 saturated carbocycles. The van der Waals surface area contributed by atoms with Crippen LogP contribution in [-0.2, 0) is 10.0 Å². The van der Waals surface area contributed by atoms with Gasteiger partial charge in [0.05, 0.1) is 4.34 Å². The number of piperazine rings is 1. The van der Waals surface area contributed by atoms with Gasteiger partial charge in [0.25, 0.3) is 10.0 Å². The summed E-state index contributed by atoms with van der Waals surface area (Å²) in [7, 11) is -3.31. The molecule has 0 spiro atoms. The lowest BCUT2D eigenvalue weighted by Crippen LogP contribution is -2.46. The summed E-state index contributed by atoms with van der Waals surface area (Å²) in [6.45, 7) is 2.46. The van der Waals surface area contributed by atoms with Crippen LogP contribution in [0.4, 0.5) is 0 Å². The van der Waals surface area contributed by atoms with E-state index in [2.05, 4.69) is 5.32 Å². The van der Waals surface area contributed by atoms with Crippen molar-refractivity contribution in [3.8, 4) is 0 Å². The zero-order valence-corrected chi connectivity index (χ0v) is 11.6. The van der Waals surface area contributed by atoms with Crippen molar-refractivity contribution in [2.24, 2.45) is 0 Å². The van der Waals surface area contributed by atoms with Crippen LogP contribution < -0.4 is 5.32 Å². The molecule has 0 unspecified atom stereocenters. The maximum Gasteiger partial charge on any atom is 0.252 e. The summed E-state index contributed by atoms with van der Waals surface area (Å²) in [5.41, 5.74) is 0. The molecule has 0 atom stereocenters. The van der Waals surface area contributed by atoms with E-state index < -0.39 is 10.0 Å². The highest BCUT2D eigenvalue weighted by molar-refractivity contribution is 7.91. The average Bonchev–Trinajstić information content (AvgIpc) is 2.67. The Morgan fingerprint density at radius 2 is 1.94 bits per heavy atom. The van der Waals surface area contributed by atoms with E-state index in [1.807, 2.05) is 0 Å². The Labute approximate surface area is 110 Å². The van der Waals surface area contributed by atoms with Gasteiger partial charge in [0, 0.05) is 26.2 Å². The van der Waals surface area contributed by atoms with Gasteiger partial charge in [0.2, 0.25) is 0 Å². The van der Waals surface area contributed by atoms with Gasteiger partial charge in [-0.25, -0.2) is 8.42 Å². The van der Waals surface area contributed by atoms with E-state index in [0.717, 1.165) is 11.3 Å². The van der Waals surface area contributed by atoms with Crippen LogP contribution in [0.5, 0.6) is 0 Å². The number of sulfonamides is 1. The largest absolute Gasteiger partial charge is 0.314 e. The Bertz CT molecular complexity index is 441. The zero-order chi connectivity index (χ0) is 10.9. The molecule has 0 amide bonds. The van der Waals surface area contributed by atoms with E-state index in [-0.39, 0.29) is 12.4 Å². The molecule has 1 aliphatic heterocycles. The molecule has 92 valence electrons. The minimum Gasteiger partial charge on any atom is -0.314 e. The fourth-order valence-corrected chi connectivity index (χ4v) is 4.53. The number of hydrogen-bond donors (Lipinski definition) is 1. The first-order chi connectivity index (χ1) is 7.10. The Hall–Kier alpha value is 0.150. The van der Waals surface area contributed by atoms with Crippen LogP contribution in [0.1, 0.15) is 0 Å². The molecule has 1 aromatic rings. The Morgan fingerprint density at radius 1 is 1.31 bits per heavy atom. The Balaban J connectivity index is 0.00000128. The number of nitrogens with zero attached hydrogens (tertiary/aromatic N) is 1.